The molecule has 1 fully saturated rings. The van der Waals surface area contributed by atoms with Gasteiger partial charge in [-0.2, -0.15) is 0 Å². The summed E-state index contributed by atoms with van der Waals surface area (Å²) in [7, 11) is 3.92. The van der Waals surface area contributed by atoms with E-state index in [1.54, 1.807) is 11.3 Å². The number of aryl methyl sites for hydroxylation is 1. The summed E-state index contributed by atoms with van der Waals surface area (Å²) in [4.78, 5) is 4.61. The number of hydrogen-bond donors (Lipinski definition) is 1. The lowest BCUT2D eigenvalue weighted by atomic mass is 9.68. The Bertz CT molecular complexity index is 431. The summed E-state index contributed by atoms with van der Waals surface area (Å²) in [5, 5.41) is 6.83. The third kappa shape index (κ3) is 3.41. The van der Waals surface area contributed by atoms with Gasteiger partial charge in [0.1, 0.15) is 0 Å². The molecule has 1 aromatic heterocycles. The minimum atomic E-state index is -0.0379. The Labute approximate surface area is 127 Å². The molecule has 0 amide bonds. The second kappa shape index (κ2) is 6.12. The maximum Gasteiger partial charge on any atom is 0.0944 e. The summed E-state index contributed by atoms with van der Waals surface area (Å²) < 4.78 is 6.02. The SMILES string of the molecule is CNC(Cc1nc(C)cs1)C1(OC)CCC(C)(C)CC1. The Morgan fingerprint density at radius 1 is 1.35 bits per heavy atom. The van der Waals surface area contributed by atoms with E-state index >= 15 is 0 Å². The van der Waals surface area contributed by atoms with Gasteiger partial charge in [-0.15, -0.1) is 11.3 Å². The highest BCUT2D eigenvalue weighted by Gasteiger charge is 2.43. The first kappa shape index (κ1) is 15.9. The van der Waals surface area contributed by atoms with Gasteiger partial charge in [-0.3, -0.25) is 0 Å². The van der Waals surface area contributed by atoms with Gasteiger partial charge < -0.3 is 10.1 Å². The number of methoxy groups -OCH3 is 1. The smallest absolute Gasteiger partial charge is 0.0944 e. The van der Waals surface area contributed by atoms with Gasteiger partial charge in [0.2, 0.25) is 0 Å². The molecular weight excluding hydrogens is 268 g/mol. The minimum absolute atomic E-state index is 0.0379. The van der Waals surface area contributed by atoms with Crippen molar-refractivity contribution in [1.29, 1.82) is 0 Å². The van der Waals surface area contributed by atoms with Crippen molar-refractivity contribution in [3.05, 3.63) is 16.1 Å². The Morgan fingerprint density at radius 3 is 2.45 bits per heavy atom. The molecule has 0 aromatic carbocycles. The molecule has 2 rings (SSSR count). The van der Waals surface area contributed by atoms with Crippen LogP contribution in [0.15, 0.2) is 5.38 Å². The van der Waals surface area contributed by atoms with Crippen molar-refractivity contribution < 1.29 is 4.74 Å². The molecule has 1 aliphatic carbocycles. The number of ether oxygens (including phenoxy) is 1. The highest BCUT2D eigenvalue weighted by atomic mass is 32.1. The number of thiazole rings is 1. The molecule has 0 aliphatic heterocycles. The fourth-order valence-corrected chi connectivity index (χ4v) is 4.09. The monoisotopic (exact) mass is 296 g/mol. The van der Waals surface area contributed by atoms with Crippen LogP contribution >= 0.6 is 11.3 Å². The van der Waals surface area contributed by atoms with E-state index in [2.05, 4.69) is 36.5 Å². The number of aromatic nitrogens is 1. The molecule has 1 atom stereocenters. The normalized spacial score (nSPS) is 22.6. The lowest BCUT2D eigenvalue weighted by Crippen LogP contribution is -2.54. The first-order valence-electron chi connectivity index (χ1n) is 7.54. The van der Waals surface area contributed by atoms with Crippen LogP contribution < -0.4 is 5.32 Å². The summed E-state index contributed by atoms with van der Waals surface area (Å²) in [5.74, 6) is 0. The maximum atomic E-state index is 6.02. The van der Waals surface area contributed by atoms with Crippen molar-refractivity contribution in [2.24, 2.45) is 5.41 Å². The van der Waals surface area contributed by atoms with Gasteiger partial charge >= 0.3 is 0 Å². The van der Waals surface area contributed by atoms with E-state index in [1.807, 2.05) is 14.2 Å². The van der Waals surface area contributed by atoms with Crippen LogP contribution in [0.2, 0.25) is 0 Å². The highest BCUT2D eigenvalue weighted by Crippen LogP contribution is 2.43. The lowest BCUT2D eigenvalue weighted by Gasteiger charge is -2.47. The first-order chi connectivity index (χ1) is 9.41. The Morgan fingerprint density at radius 2 is 2.00 bits per heavy atom. The summed E-state index contributed by atoms with van der Waals surface area (Å²) in [6, 6.07) is 0.342. The maximum absolute atomic E-state index is 6.02. The van der Waals surface area contributed by atoms with Gasteiger partial charge in [0.05, 0.1) is 10.6 Å². The predicted molar refractivity (Wildman–Crippen MR) is 85.4 cm³/mol. The van der Waals surface area contributed by atoms with Crippen LogP contribution in [0, 0.1) is 12.3 Å². The third-order valence-corrected chi connectivity index (χ3v) is 5.87. The molecule has 4 heteroatoms. The summed E-state index contributed by atoms with van der Waals surface area (Å²) in [6.45, 7) is 6.79. The molecule has 0 bridgehead atoms. The quantitative estimate of drug-likeness (QED) is 0.902. The number of hydrogen-bond acceptors (Lipinski definition) is 4. The zero-order chi connectivity index (χ0) is 14.8. The number of nitrogens with one attached hydrogen (secondary N) is 1. The molecule has 1 aromatic rings. The third-order valence-electron chi connectivity index (χ3n) is 4.89. The fraction of sp³-hybridized carbons (Fsp3) is 0.812. The summed E-state index contributed by atoms with van der Waals surface area (Å²) >= 11 is 1.76. The molecule has 0 spiro atoms. The fourth-order valence-electron chi connectivity index (χ4n) is 3.27. The zero-order valence-electron chi connectivity index (χ0n) is 13.5. The van der Waals surface area contributed by atoms with Gasteiger partial charge in [-0.05, 0) is 45.1 Å². The van der Waals surface area contributed by atoms with E-state index < -0.39 is 0 Å². The first-order valence-corrected chi connectivity index (χ1v) is 8.42. The second-order valence-corrected chi connectivity index (χ2v) is 7.80. The average molecular weight is 296 g/mol. The second-order valence-electron chi connectivity index (χ2n) is 6.86. The van der Waals surface area contributed by atoms with Crippen LogP contribution in [0.4, 0.5) is 0 Å². The largest absolute Gasteiger partial charge is 0.377 e. The standard InChI is InChI=1S/C16H28N2OS/c1-12-11-20-14(18-12)10-13(17-4)16(19-5)8-6-15(2,3)7-9-16/h11,13,17H,6-10H2,1-5H3. The lowest BCUT2D eigenvalue weighted by molar-refractivity contribution is -0.0847. The van der Waals surface area contributed by atoms with E-state index in [0.717, 1.165) is 25.0 Å². The molecule has 1 N–H and O–H groups in total. The predicted octanol–water partition coefficient (Wildman–Crippen LogP) is 3.57. The van der Waals surface area contributed by atoms with Crippen LogP contribution in [-0.2, 0) is 11.2 Å². The van der Waals surface area contributed by atoms with Gasteiger partial charge in [0.15, 0.2) is 0 Å². The van der Waals surface area contributed by atoms with E-state index in [9.17, 15) is 0 Å². The molecule has 1 heterocycles. The minimum Gasteiger partial charge on any atom is -0.377 e. The van der Waals surface area contributed by atoms with Gasteiger partial charge in [0, 0.05) is 30.6 Å². The number of likely N-dealkylation sites (N-methyl/N-ethyl adjacent to an activating group) is 1. The Balaban J connectivity index is 2.11. The van der Waals surface area contributed by atoms with E-state index in [4.69, 9.17) is 4.74 Å². The Kier molecular flexibility index (Phi) is 4.88. The van der Waals surface area contributed by atoms with Crippen molar-refractivity contribution in [2.75, 3.05) is 14.2 Å². The Hall–Kier alpha value is -0.450. The van der Waals surface area contributed by atoms with Gasteiger partial charge in [0.25, 0.3) is 0 Å². The van der Waals surface area contributed by atoms with E-state index in [1.165, 1.54) is 17.8 Å². The van der Waals surface area contributed by atoms with Crippen molar-refractivity contribution in [1.82, 2.24) is 10.3 Å². The molecule has 1 saturated carbocycles. The highest BCUT2D eigenvalue weighted by molar-refractivity contribution is 7.09. The molecule has 20 heavy (non-hydrogen) atoms. The van der Waals surface area contributed by atoms with Crippen LogP contribution in [0.5, 0.6) is 0 Å². The van der Waals surface area contributed by atoms with Crippen LogP contribution in [0.25, 0.3) is 0 Å². The van der Waals surface area contributed by atoms with Crippen molar-refractivity contribution in [3.63, 3.8) is 0 Å². The molecule has 1 unspecified atom stereocenters. The van der Waals surface area contributed by atoms with Crippen LogP contribution in [0.3, 0.4) is 0 Å². The van der Waals surface area contributed by atoms with Crippen LogP contribution in [0.1, 0.15) is 50.2 Å². The van der Waals surface area contributed by atoms with Crippen molar-refractivity contribution in [2.45, 2.75) is 64.5 Å². The summed E-state index contributed by atoms with van der Waals surface area (Å²) in [6.07, 6.45) is 5.69. The van der Waals surface area contributed by atoms with Crippen molar-refractivity contribution in [3.8, 4) is 0 Å². The van der Waals surface area contributed by atoms with Gasteiger partial charge in [-0.1, -0.05) is 13.8 Å². The topological polar surface area (TPSA) is 34.2 Å². The van der Waals surface area contributed by atoms with Gasteiger partial charge in [-0.25, -0.2) is 4.98 Å². The number of rotatable bonds is 5. The average Bonchev–Trinajstić information content (AvgIpc) is 2.83. The molecule has 1 aliphatic rings. The molecule has 0 radical (unpaired) electrons. The molecule has 3 nitrogen and oxygen atoms in total. The van der Waals surface area contributed by atoms with E-state index in [-0.39, 0.29) is 5.60 Å². The molecular formula is C16H28N2OS. The van der Waals surface area contributed by atoms with E-state index in [0.29, 0.717) is 11.5 Å². The zero-order valence-corrected chi connectivity index (χ0v) is 14.3. The summed E-state index contributed by atoms with van der Waals surface area (Å²) in [5.41, 5.74) is 1.54. The van der Waals surface area contributed by atoms with Crippen molar-refractivity contribution >= 4 is 11.3 Å². The number of nitrogens with zero attached hydrogens (tertiary/aromatic N) is 1. The molecule has 0 saturated heterocycles. The molecule has 114 valence electrons. The van der Waals surface area contributed by atoms with Crippen LogP contribution in [-0.4, -0.2) is 30.8 Å².